The Balaban J connectivity index is 2.24. The maximum atomic E-state index is 13.0. The molecule has 0 saturated heterocycles. The van der Waals surface area contributed by atoms with Gasteiger partial charge in [0, 0.05) is 12.8 Å². The molecule has 0 nitrogen and oxygen atoms in total. The van der Waals surface area contributed by atoms with E-state index in [-0.39, 0.29) is 24.6 Å². The van der Waals surface area contributed by atoms with Crippen LogP contribution in [0.1, 0.15) is 36.8 Å². The van der Waals surface area contributed by atoms with Crippen molar-refractivity contribution in [2.24, 2.45) is 0 Å². The Kier molecular flexibility index (Phi) is 2.49. The zero-order valence-corrected chi connectivity index (χ0v) is 8.56. The van der Waals surface area contributed by atoms with Crippen molar-refractivity contribution in [3.05, 3.63) is 35.1 Å². The van der Waals surface area contributed by atoms with Gasteiger partial charge in [0.1, 0.15) is 5.82 Å². The molecule has 0 N–H and O–H groups in total. The van der Waals surface area contributed by atoms with E-state index < -0.39 is 5.92 Å². The first-order chi connectivity index (χ1) is 7.02. The van der Waals surface area contributed by atoms with Crippen molar-refractivity contribution in [3.8, 4) is 0 Å². The molecule has 0 aromatic heterocycles. The number of hydrogen-bond acceptors (Lipinski definition) is 0. The molecule has 0 heterocycles. The molecule has 0 unspecified atom stereocenters. The topological polar surface area (TPSA) is 0 Å². The van der Waals surface area contributed by atoms with E-state index in [0.717, 1.165) is 17.5 Å². The third kappa shape index (κ3) is 2.01. The van der Waals surface area contributed by atoms with Crippen molar-refractivity contribution in [2.75, 3.05) is 0 Å². The van der Waals surface area contributed by atoms with Gasteiger partial charge in [-0.25, -0.2) is 13.2 Å². The third-order valence-corrected chi connectivity index (χ3v) is 3.02. The molecule has 1 aliphatic carbocycles. The van der Waals surface area contributed by atoms with Gasteiger partial charge in [-0.2, -0.15) is 0 Å². The van der Waals surface area contributed by atoms with Gasteiger partial charge in [-0.1, -0.05) is 13.0 Å². The summed E-state index contributed by atoms with van der Waals surface area (Å²) in [5, 5.41) is 0. The lowest BCUT2D eigenvalue weighted by Gasteiger charge is -2.36. The fourth-order valence-corrected chi connectivity index (χ4v) is 2.15. The Labute approximate surface area is 87.1 Å². The summed E-state index contributed by atoms with van der Waals surface area (Å²) in [7, 11) is 0. The minimum atomic E-state index is -2.54. The van der Waals surface area contributed by atoms with Crippen LogP contribution in [0.5, 0.6) is 0 Å². The molecular weight excluding hydrogens is 201 g/mol. The highest BCUT2D eigenvalue weighted by Crippen LogP contribution is 2.49. The van der Waals surface area contributed by atoms with Gasteiger partial charge in [0.05, 0.1) is 0 Å². The molecule has 15 heavy (non-hydrogen) atoms. The first kappa shape index (κ1) is 10.5. The van der Waals surface area contributed by atoms with Gasteiger partial charge in [0.15, 0.2) is 0 Å². The minimum Gasteiger partial charge on any atom is -0.207 e. The van der Waals surface area contributed by atoms with E-state index in [0.29, 0.717) is 0 Å². The van der Waals surface area contributed by atoms with Crippen LogP contribution in [0.25, 0.3) is 0 Å². The smallest absolute Gasteiger partial charge is 0.207 e. The molecule has 0 spiro atoms. The highest BCUT2D eigenvalue weighted by atomic mass is 19.3. The highest BCUT2D eigenvalue weighted by molar-refractivity contribution is 5.33. The van der Waals surface area contributed by atoms with Crippen LogP contribution in [-0.4, -0.2) is 5.92 Å². The lowest BCUT2D eigenvalue weighted by molar-refractivity contribution is -0.0869. The Bertz CT molecular complexity index is 363. The minimum absolute atomic E-state index is 0.135. The lowest BCUT2D eigenvalue weighted by Crippen LogP contribution is -2.34. The number of aryl methyl sites for hydroxylation is 1. The number of benzene rings is 1. The number of hydrogen-bond donors (Lipinski definition) is 0. The quantitative estimate of drug-likeness (QED) is 0.700. The van der Waals surface area contributed by atoms with E-state index in [1.54, 1.807) is 6.07 Å². The van der Waals surface area contributed by atoms with Gasteiger partial charge < -0.3 is 0 Å². The zero-order valence-electron chi connectivity index (χ0n) is 8.56. The Morgan fingerprint density at radius 2 is 2.00 bits per heavy atom. The fraction of sp³-hybridized carbons (Fsp3) is 0.500. The molecule has 0 atom stereocenters. The molecular formula is C12H13F3. The number of alkyl halides is 2. The van der Waals surface area contributed by atoms with Crippen LogP contribution in [0.15, 0.2) is 18.2 Å². The maximum Gasteiger partial charge on any atom is 0.249 e. The average Bonchev–Trinajstić information content (AvgIpc) is 2.14. The van der Waals surface area contributed by atoms with Crippen LogP contribution < -0.4 is 0 Å². The van der Waals surface area contributed by atoms with Gasteiger partial charge in [0.2, 0.25) is 5.92 Å². The molecule has 1 saturated carbocycles. The van der Waals surface area contributed by atoms with Crippen LogP contribution in [0.2, 0.25) is 0 Å². The number of rotatable bonds is 2. The van der Waals surface area contributed by atoms with Gasteiger partial charge >= 0.3 is 0 Å². The van der Waals surface area contributed by atoms with Crippen LogP contribution in [0.4, 0.5) is 13.2 Å². The Hall–Kier alpha value is -0.990. The van der Waals surface area contributed by atoms with Crippen molar-refractivity contribution in [3.63, 3.8) is 0 Å². The molecule has 1 aromatic rings. The molecule has 0 amide bonds. The highest BCUT2D eigenvalue weighted by Gasteiger charge is 2.46. The predicted molar refractivity (Wildman–Crippen MR) is 52.7 cm³/mol. The van der Waals surface area contributed by atoms with Crippen molar-refractivity contribution in [1.82, 2.24) is 0 Å². The van der Waals surface area contributed by atoms with Crippen molar-refractivity contribution in [2.45, 2.75) is 38.0 Å². The van der Waals surface area contributed by atoms with Crippen LogP contribution in [0.3, 0.4) is 0 Å². The summed E-state index contributed by atoms with van der Waals surface area (Å²) in [4.78, 5) is 0. The van der Waals surface area contributed by atoms with E-state index in [1.165, 1.54) is 12.1 Å². The van der Waals surface area contributed by atoms with Crippen molar-refractivity contribution >= 4 is 0 Å². The SMILES string of the molecule is CCc1ccc(F)cc1C1CC(F)(F)C1. The summed E-state index contributed by atoms with van der Waals surface area (Å²) in [5.41, 5.74) is 1.75. The summed E-state index contributed by atoms with van der Waals surface area (Å²) in [6, 6.07) is 4.49. The monoisotopic (exact) mass is 214 g/mol. The van der Waals surface area contributed by atoms with Crippen LogP contribution >= 0.6 is 0 Å². The van der Waals surface area contributed by atoms with Gasteiger partial charge in [-0.15, -0.1) is 0 Å². The second-order valence-electron chi connectivity index (χ2n) is 4.16. The van der Waals surface area contributed by atoms with E-state index in [4.69, 9.17) is 0 Å². The van der Waals surface area contributed by atoms with Crippen molar-refractivity contribution in [1.29, 1.82) is 0 Å². The van der Waals surface area contributed by atoms with Crippen LogP contribution in [0, 0.1) is 5.82 Å². The van der Waals surface area contributed by atoms with E-state index in [1.807, 2.05) is 6.92 Å². The lowest BCUT2D eigenvalue weighted by atomic mass is 9.75. The molecule has 1 fully saturated rings. The summed E-state index contributed by atoms with van der Waals surface area (Å²) in [5.74, 6) is -3.04. The Morgan fingerprint density at radius 3 is 2.53 bits per heavy atom. The second-order valence-corrected chi connectivity index (χ2v) is 4.16. The normalized spacial score (nSPS) is 20.0. The molecule has 0 bridgehead atoms. The molecule has 2 rings (SSSR count). The summed E-state index contributed by atoms with van der Waals surface area (Å²) >= 11 is 0. The maximum absolute atomic E-state index is 13.0. The molecule has 0 aliphatic heterocycles. The first-order valence-electron chi connectivity index (χ1n) is 5.18. The summed E-state index contributed by atoms with van der Waals surface area (Å²) in [6.45, 7) is 1.95. The van der Waals surface area contributed by atoms with E-state index >= 15 is 0 Å². The average molecular weight is 214 g/mol. The molecule has 1 aliphatic rings. The van der Waals surface area contributed by atoms with Crippen LogP contribution in [-0.2, 0) is 6.42 Å². The third-order valence-electron chi connectivity index (χ3n) is 3.02. The first-order valence-corrected chi connectivity index (χ1v) is 5.18. The standard InChI is InChI=1S/C12H13F3/c1-2-8-3-4-10(13)5-11(8)9-6-12(14,15)7-9/h3-5,9H,2,6-7H2,1H3. The van der Waals surface area contributed by atoms with Gasteiger partial charge in [-0.3, -0.25) is 0 Å². The van der Waals surface area contributed by atoms with Gasteiger partial charge in [0.25, 0.3) is 0 Å². The van der Waals surface area contributed by atoms with E-state index in [9.17, 15) is 13.2 Å². The fourth-order valence-electron chi connectivity index (χ4n) is 2.15. The predicted octanol–water partition coefficient (Wildman–Crippen LogP) is 3.90. The van der Waals surface area contributed by atoms with Crippen molar-refractivity contribution < 1.29 is 13.2 Å². The largest absolute Gasteiger partial charge is 0.249 e. The molecule has 1 aromatic carbocycles. The Morgan fingerprint density at radius 1 is 1.33 bits per heavy atom. The van der Waals surface area contributed by atoms with E-state index in [2.05, 4.69) is 0 Å². The number of halogens is 3. The second kappa shape index (κ2) is 3.54. The molecule has 82 valence electrons. The molecule has 3 heteroatoms. The molecule has 0 radical (unpaired) electrons. The van der Waals surface area contributed by atoms with Gasteiger partial charge in [-0.05, 0) is 35.6 Å². The zero-order chi connectivity index (χ0) is 11.1. The summed E-state index contributed by atoms with van der Waals surface area (Å²) in [6.07, 6.45) is 0.491. The summed E-state index contributed by atoms with van der Waals surface area (Å²) < 4.78 is 38.4.